The summed E-state index contributed by atoms with van der Waals surface area (Å²) in [6, 6.07) is -1.16. The first-order valence-corrected chi connectivity index (χ1v) is 6.96. The van der Waals surface area contributed by atoms with E-state index in [9.17, 15) is 39.5 Å². The van der Waals surface area contributed by atoms with Crippen LogP contribution in [-0.4, -0.2) is 32.5 Å². The molecule has 0 aliphatic carbocycles. The predicted octanol–water partition coefficient (Wildman–Crippen LogP) is 1.66. The van der Waals surface area contributed by atoms with E-state index >= 15 is 0 Å². The third-order valence-electron chi connectivity index (χ3n) is 2.08. The smallest absolute Gasteiger partial charge is 0.327 e. The fourth-order valence-corrected chi connectivity index (χ4v) is 1.69. The molecule has 0 fully saturated rings. The number of hydrogen-bond acceptors (Lipinski definition) is 3. The van der Waals surface area contributed by atoms with Crippen LogP contribution in [0.1, 0.15) is 6.42 Å². The Morgan fingerprint density at radius 1 is 0.684 bits per heavy atom. The highest BCUT2D eigenvalue weighted by atomic mass is 28.4. The van der Waals surface area contributed by atoms with Crippen molar-refractivity contribution in [1.82, 2.24) is 0 Å². The lowest BCUT2D eigenvalue weighted by Crippen LogP contribution is -2.66. The molecule has 0 aliphatic rings. The Balaban J connectivity index is 5.28. The summed E-state index contributed by atoms with van der Waals surface area (Å²) in [7, 11) is -3.79. The third-order valence-corrected chi connectivity index (χ3v) is 3.20. The molecule has 0 aromatic carbocycles. The topological polar surface area (TPSA) is 78.1 Å². The van der Waals surface area contributed by atoms with Crippen LogP contribution < -0.4 is 16.2 Å². The first kappa shape index (κ1) is 18.5. The van der Waals surface area contributed by atoms with Gasteiger partial charge in [-0.25, -0.2) is 0 Å². The number of hydrogen-bond donors (Lipinski definition) is 3. The average molecular weight is 323 g/mol. The maximum absolute atomic E-state index is 12.9. The van der Waals surface area contributed by atoms with E-state index in [1.807, 2.05) is 0 Å². The monoisotopic (exact) mass is 323 g/mol. The van der Waals surface area contributed by atoms with Crippen molar-refractivity contribution in [2.45, 2.75) is 36.4 Å². The second-order valence-corrected chi connectivity index (χ2v) is 6.69. The van der Waals surface area contributed by atoms with Crippen molar-refractivity contribution in [3.05, 3.63) is 0 Å². The largest absolute Gasteiger partial charge is 0.460 e. The van der Waals surface area contributed by atoms with Crippen molar-refractivity contribution < 1.29 is 39.5 Å². The summed E-state index contributed by atoms with van der Waals surface area (Å²) in [5, 5.41) is 14.7. The van der Waals surface area contributed by atoms with Gasteiger partial charge in [-0.05, 0) is 6.04 Å². The molecule has 0 saturated heterocycles. The zero-order chi connectivity index (χ0) is 15.9. The summed E-state index contributed by atoms with van der Waals surface area (Å²) in [6.45, 7) is 0. The van der Waals surface area contributed by atoms with Crippen LogP contribution in [0, 0.1) is 0 Å². The van der Waals surface area contributed by atoms with E-state index in [4.69, 9.17) is 16.2 Å². The molecular weight excluding hydrogens is 313 g/mol. The number of halogens is 9. The third kappa shape index (κ3) is 3.73. The standard InChI is InChI=1S/C6H10F9N3Si/c7-3(8,1-2-19(16,17)18)4(9,10)5(11,12)6(13,14)15/h1-2,16-18H2. The second kappa shape index (κ2) is 4.78. The Kier molecular flexibility index (Phi) is 4.65. The predicted molar refractivity (Wildman–Crippen MR) is 48.6 cm³/mol. The molecule has 0 unspecified atom stereocenters. The van der Waals surface area contributed by atoms with Gasteiger partial charge in [0.05, 0.1) is 0 Å². The minimum atomic E-state index is -6.90. The summed E-state index contributed by atoms with van der Waals surface area (Å²) >= 11 is 0. The van der Waals surface area contributed by atoms with Crippen molar-refractivity contribution in [1.29, 1.82) is 0 Å². The van der Waals surface area contributed by atoms with Crippen molar-refractivity contribution in [2.24, 2.45) is 16.2 Å². The molecule has 0 rings (SSSR count). The van der Waals surface area contributed by atoms with Gasteiger partial charge in [0.1, 0.15) is 0 Å². The highest BCUT2D eigenvalue weighted by Crippen LogP contribution is 2.54. The van der Waals surface area contributed by atoms with E-state index in [0.29, 0.717) is 0 Å². The molecule has 3 nitrogen and oxygen atoms in total. The molecular formula is C6H10F9N3Si. The molecule has 0 aromatic rings. The maximum atomic E-state index is 12.9. The van der Waals surface area contributed by atoms with Gasteiger partial charge in [0.2, 0.25) is 0 Å². The minimum Gasteiger partial charge on any atom is -0.327 e. The van der Waals surface area contributed by atoms with E-state index in [2.05, 4.69) is 0 Å². The van der Waals surface area contributed by atoms with Crippen LogP contribution in [0.25, 0.3) is 0 Å². The minimum absolute atomic E-state index is 1.16. The van der Waals surface area contributed by atoms with Crippen LogP contribution in [0.5, 0.6) is 0 Å². The molecule has 0 saturated carbocycles. The zero-order valence-corrected chi connectivity index (χ0v) is 10.0. The van der Waals surface area contributed by atoms with Crippen molar-refractivity contribution in [3.63, 3.8) is 0 Å². The SMILES string of the molecule is N[Si](N)(N)CCC(F)(F)C(F)(F)C(F)(F)C(F)(F)F. The van der Waals surface area contributed by atoms with Gasteiger partial charge >= 0.3 is 23.9 Å². The lowest BCUT2D eigenvalue weighted by Gasteiger charge is -2.34. The normalized spacial score (nSPS) is 15.8. The lowest BCUT2D eigenvalue weighted by molar-refractivity contribution is -0.396. The quantitative estimate of drug-likeness (QED) is 0.532. The molecule has 116 valence electrons. The van der Waals surface area contributed by atoms with Crippen molar-refractivity contribution >= 4 is 8.56 Å². The fourth-order valence-electron chi connectivity index (χ4n) is 0.938. The average Bonchev–Trinajstić information content (AvgIpc) is 2.11. The molecule has 6 N–H and O–H groups in total. The van der Waals surface area contributed by atoms with Gasteiger partial charge in [-0.15, -0.1) is 0 Å². The summed E-state index contributed by atoms with van der Waals surface area (Å²) in [6.07, 6.45) is -8.91. The summed E-state index contributed by atoms with van der Waals surface area (Å²) in [4.78, 5) is 0. The first-order valence-electron chi connectivity index (χ1n) is 4.52. The molecule has 0 atom stereocenters. The molecule has 0 aliphatic heterocycles. The Morgan fingerprint density at radius 2 is 1.05 bits per heavy atom. The maximum Gasteiger partial charge on any atom is 0.460 e. The van der Waals surface area contributed by atoms with E-state index in [1.165, 1.54) is 0 Å². The van der Waals surface area contributed by atoms with Crippen LogP contribution in [0.3, 0.4) is 0 Å². The number of alkyl halides is 9. The molecule has 0 radical (unpaired) electrons. The van der Waals surface area contributed by atoms with E-state index in [0.717, 1.165) is 0 Å². The van der Waals surface area contributed by atoms with Gasteiger partial charge in [-0.2, -0.15) is 39.5 Å². The summed E-state index contributed by atoms with van der Waals surface area (Å²) < 4.78 is 111. The van der Waals surface area contributed by atoms with E-state index < -0.39 is 45.0 Å². The van der Waals surface area contributed by atoms with Gasteiger partial charge in [-0.3, -0.25) is 0 Å². The molecule has 13 heteroatoms. The van der Waals surface area contributed by atoms with E-state index in [-0.39, 0.29) is 0 Å². The van der Waals surface area contributed by atoms with Gasteiger partial charge < -0.3 is 16.2 Å². The van der Waals surface area contributed by atoms with Crippen LogP contribution >= 0.6 is 0 Å². The van der Waals surface area contributed by atoms with Crippen molar-refractivity contribution in [3.8, 4) is 0 Å². The number of nitrogens with two attached hydrogens (primary N) is 3. The highest BCUT2D eigenvalue weighted by molar-refractivity contribution is 6.70. The van der Waals surface area contributed by atoms with Crippen LogP contribution in [0.15, 0.2) is 0 Å². The number of rotatable bonds is 5. The molecule has 0 heterocycles. The molecule has 0 aromatic heterocycles. The fraction of sp³-hybridized carbons (Fsp3) is 1.00. The van der Waals surface area contributed by atoms with Gasteiger partial charge in [-0.1, -0.05) is 0 Å². The van der Waals surface area contributed by atoms with Crippen LogP contribution in [-0.2, 0) is 0 Å². The zero-order valence-electron chi connectivity index (χ0n) is 9.05. The molecule has 0 spiro atoms. The van der Waals surface area contributed by atoms with Gasteiger partial charge in [0, 0.05) is 6.42 Å². The Labute approximate surface area is 102 Å². The first-order chi connectivity index (χ1) is 7.96. The van der Waals surface area contributed by atoms with Gasteiger partial charge in [0.25, 0.3) is 8.56 Å². The Bertz CT molecular complexity index is 321. The van der Waals surface area contributed by atoms with Crippen LogP contribution in [0.2, 0.25) is 6.04 Å². The summed E-state index contributed by atoms with van der Waals surface area (Å²) in [5.74, 6) is -19.2. The Morgan fingerprint density at radius 3 is 1.32 bits per heavy atom. The van der Waals surface area contributed by atoms with Gasteiger partial charge in [0.15, 0.2) is 0 Å². The van der Waals surface area contributed by atoms with Crippen molar-refractivity contribution in [2.75, 3.05) is 0 Å². The van der Waals surface area contributed by atoms with Crippen LogP contribution in [0.4, 0.5) is 39.5 Å². The second-order valence-electron chi connectivity index (χ2n) is 3.96. The molecule has 19 heavy (non-hydrogen) atoms. The lowest BCUT2D eigenvalue weighted by atomic mass is 10.0. The van der Waals surface area contributed by atoms with E-state index in [1.54, 1.807) is 0 Å². The highest BCUT2D eigenvalue weighted by Gasteiger charge is 2.81. The molecule has 0 amide bonds. The summed E-state index contributed by atoms with van der Waals surface area (Å²) in [5.41, 5.74) is 0. The molecule has 0 bridgehead atoms. The Hall–Kier alpha value is -0.533.